The van der Waals surface area contributed by atoms with Gasteiger partial charge in [0.1, 0.15) is 24.8 Å². The molecule has 2 aliphatic rings. The van der Waals surface area contributed by atoms with Crippen molar-refractivity contribution in [1.29, 1.82) is 0 Å². The number of hydrogen-bond acceptors (Lipinski definition) is 2. The predicted molar refractivity (Wildman–Crippen MR) is 106 cm³/mol. The number of aromatic nitrogens is 4. The lowest BCUT2D eigenvalue weighted by molar-refractivity contribution is -0.685. The van der Waals surface area contributed by atoms with Crippen molar-refractivity contribution in [1.82, 2.24) is 18.9 Å². The van der Waals surface area contributed by atoms with Gasteiger partial charge in [-0.25, -0.2) is 9.13 Å². The highest BCUT2D eigenvalue weighted by Crippen LogP contribution is 2.26. The Bertz CT molecular complexity index is 842. The van der Waals surface area contributed by atoms with Gasteiger partial charge in [0.2, 0.25) is 18.3 Å². The first-order valence-corrected chi connectivity index (χ1v) is 10.4. The fourth-order valence-corrected chi connectivity index (χ4v) is 4.66. The second-order valence-corrected chi connectivity index (χ2v) is 8.91. The first-order chi connectivity index (χ1) is 13.8. The zero-order valence-electron chi connectivity index (χ0n) is 17.9. The fraction of sp³-hybridized carbons (Fsp3) is 0.619. The van der Waals surface area contributed by atoms with Gasteiger partial charge in [0.15, 0.2) is 13.1 Å². The van der Waals surface area contributed by atoms with Crippen molar-refractivity contribution < 1.29 is 18.7 Å². The Balaban J connectivity index is 1.74. The van der Waals surface area contributed by atoms with Gasteiger partial charge in [-0.3, -0.25) is 9.59 Å². The summed E-state index contributed by atoms with van der Waals surface area (Å²) in [6.07, 6.45) is 15.9. The van der Waals surface area contributed by atoms with Gasteiger partial charge >= 0.3 is 0 Å². The van der Waals surface area contributed by atoms with E-state index >= 15 is 0 Å². The number of carbonyl (C=O) groups is 2. The van der Waals surface area contributed by atoms with Crippen LogP contribution in [0.4, 0.5) is 0 Å². The Morgan fingerprint density at radius 3 is 1.66 bits per heavy atom. The summed E-state index contributed by atoms with van der Waals surface area (Å²) in [5.74, 6) is 0.158. The summed E-state index contributed by atoms with van der Waals surface area (Å²) >= 11 is 0. The maximum Gasteiger partial charge on any atom is 0.264 e. The van der Waals surface area contributed by atoms with E-state index in [9.17, 15) is 9.59 Å². The number of hydrogen-bond donors (Lipinski definition) is 0. The molecule has 0 spiro atoms. The first kappa shape index (κ1) is 19.7. The molecule has 0 unspecified atom stereocenters. The van der Waals surface area contributed by atoms with Crippen molar-refractivity contribution >= 4 is 11.8 Å². The Hall–Kier alpha value is -2.64. The molecule has 0 aromatic carbocycles. The minimum atomic E-state index is -0.367. The SMILES string of the molecule is CN1C(=O)C[n+]2ccn(c2)C(C)(C)n2cc[n+](c2)CC(=O)N(C)[C@@H]2CCCC[C@H]21. The minimum absolute atomic E-state index is 0.0593. The van der Waals surface area contributed by atoms with Gasteiger partial charge in [-0.2, -0.15) is 9.13 Å². The molecule has 0 saturated heterocycles. The quantitative estimate of drug-likeness (QED) is 0.599. The zero-order valence-corrected chi connectivity index (χ0v) is 17.9. The van der Waals surface area contributed by atoms with Gasteiger partial charge in [-0.05, 0) is 12.8 Å². The van der Waals surface area contributed by atoms with E-state index in [1.807, 2.05) is 70.5 Å². The number of nitrogens with zero attached hydrogens (tertiary/aromatic N) is 6. The van der Waals surface area contributed by atoms with Crippen LogP contribution in [0.5, 0.6) is 0 Å². The molecule has 1 aliphatic heterocycles. The van der Waals surface area contributed by atoms with Gasteiger partial charge < -0.3 is 9.80 Å². The molecular weight excluding hydrogens is 368 g/mol. The normalized spacial score (nSPS) is 25.4. The molecule has 8 heteroatoms. The van der Waals surface area contributed by atoms with Gasteiger partial charge in [0.25, 0.3) is 11.8 Å². The zero-order chi connectivity index (χ0) is 20.8. The molecule has 2 aromatic heterocycles. The van der Waals surface area contributed by atoms with E-state index in [2.05, 4.69) is 23.0 Å². The number of amides is 2. The van der Waals surface area contributed by atoms with Crippen LogP contribution >= 0.6 is 0 Å². The molecule has 1 fully saturated rings. The maximum atomic E-state index is 13.0. The number of fused-ring (bicyclic) bond motifs is 5. The van der Waals surface area contributed by atoms with Crippen LogP contribution in [0.3, 0.4) is 0 Å². The highest BCUT2D eigenvalue weighted by molar-refractivity contribution is 5.76. The molecule has 1 saturated carbocycles. The van der Waals surface area contributed by atoms with Crippen LogP contribution in [-0.4, -0.2) is 56.9 Å². The van der Waals surface area contributed by atoms with Crippen molar-refractivity contribution in [3.05, 3.63) is 37.4 Å². The minimum Gasteiger partial charge on any atom is -0.337 e. The smallest absolute Gasteiger partial charge is 0.264 e. The molecule has 0 radical (unpaired) electrons. The standard InChI is InChI=1S/C21H32N6O2/c1-21(2)26-11-9-24(15-26)13-19(28)22(3)17-7-5-6-8-18(17)23(4)20(29)14-25-10-12-27(21)16-25/h9-12,15-18H,5-8,13-14H2,1-4H3/q+2/t17-,18-/m1/s1. The molecule has 8 nitrogen and oxygen atoms in total. The van der Waals surface area contributed by atoms with E-state index in [4.69, 9.17) is 0 Å². The fourth-order valence-electron chi connectivity index (χ4n) is 4.66. The van der Waals surface area contributed by atoms with E-state index in [0.717, 1.165) is 25.7 Å². The van der Waals surface area contributed by atoms with Crippen LogP contribution in [0.15, 0.2) is 37.4 Å². The summed E-state index contributed by atoms with van der Waals surface area (Å²) in [4.78, 5) is 29.8. The Morgan fingerprint density at radius 1 is 0.828 bits per heavy atom. The van der Waals surface area contributed by atoms with E-state index in [1.165, 1.54) is 0 Å². The van der Waals surface area contributed by atoms with Crippen LogP contribution in [0.1, 0.15) is 39.5 Å². The first-order valence-electron chi connectivity index (χ1n) is 10.4. The third kappa shape index (κ3) is 3.56. The van der Waals surface area contributed by atoms with Crippen LogP contribution in [0, 0.1) is 0 Å². The monoisotopic (exact) mass is 400 g/mol. The second-order valence-electron chi connectivity index (χ2n) is 8.91. The topological polar surface area (TPSA) is 58.2 Å². The van der Waals surface area contributed by atoms with Crippen molar-refractivity contribution in [3.8, 4) is 0 Å². The lowest BCUT2D eigenvalue weighted by atomic mass is 9.88. The average Bonchev–Trinajstić information content (AvgIpc) is 3.36. The van der Waals surface area contributed by atoms with Crippen molar-refractivity contribution in [2.45, 2.75) is 70.4 Å². The molecule has 29 heavy (non-hydrogen) atoms. The van der Waals surface area contributed by atoms with Crippen LogP contribution in [-0.2, 0) is 28.3 Å². The summed E-state index contributed by atoms with van der Waals surface area (Å²) in [6, 6.07) is 0.119. The molecule has 4 rings (SSSR count). The predicted octanol–water partition coefficient (Wildman–Crippen LogP) is 0.347. The largest absolute Gasteiger partial charge is 0.337 e. The van der Waals surface area contributed by atoms with Gasteiger partial charge in [-0.15, -0.1) is 0 Å². The molecule has 2 atom stereocenters. The molecule has 1 aliphatic carbocycles. The van der Waals surface area contributed by atoms with Crippen molar-refractivity contribution in [2.75, 3.05) is 14.1 Å². The third-order valence-electron chi connectivity index (χ3n) is 6.76. The number of rotatable bonds is 0. The lowest BCUT2D eigenvalue weighted by Gasteiger charge is -2.42. The molecular formula is C21H32N6O2+2. The van der Waals surface area contributed by atoms with E-state index in [0.29, 0.717) is 13.1 Å². The highest BCUT2D eigenvalue weighted by atomic mass is 16.2. The number of likely N-dealkylation sites (N-methyl/N-ethyl adjacent to an activating group) is 2. The van der Waals surface area contributed by atoms with E-state index in [1.54, 1.807) is 0 Å². The Kier molecular flexibility index (Phi) is 4.96. The summed E-state index contributed by atoms with van der Waals surface area (Å²) < 4.78 is 8.04. The summed E-state index contributed by atoms with van der Waals surface area (Å²) in [5, 5.41) is 0. The van der Waals surface area contributed by atoms with Gasteiger partial charge in [-0.1, -0.05) is 12.8 Å². The molecule has 0 N–H and O–H groups in total. The number of imidazole rings is 2. The summed E-state index contributed by atoms with van der Waals surface area (Å²) in [6.45, 7) is 4.81. The van der Waals surface area contributed by atoms with Crippen LogP contribution in [0.25, 0.3) is 0 Å². The van der Waals surface area contributed by atoms with Crippen molar-refractivity contribution in [3.63, 3.8) is 0 Å². The molecule has 2 amide bonds. The molecule has 2 aromatic rings. The number of carbonyl (C=O) groups excluding carboxylic acids is 2. The third-order valence-corrected chi connectivity index (χ3v) is 6.76. The summed E-state index contributed by atoms with van der Waals surface area (Å²) in [5.41, 5.74) is -0.367. The van der Waals surface area contributed by atoms with Gasteiger partial charge in [0, 0.05) is 27.9 Å². The van der Waals surface area contributed by atoms with Crippen LogP contribution in [0.2, 0.25) is 0 Å². The Morgan fingerprint density at radius 2 is 1.24 bits per heavy atom. The average molecular weight is 401 g/mol. The van der Waals surface area contributed by atoms with Gasteiger partial charge in [0.05, 0.1) is 12.1 Å². The van der Waals surface area contributed by atoms with Crippen molar-refractivity contribution in [2.24, 2.45) is 0 Å². The lowest BCUT2D eigenvalue weighted by Crippen LogP contribution is -2.57. The van der Waals surface area contributed by atoms with E-state index in [-0.39, 0.29) is 29.6 Å². The molecule has 3 heterocycles. The second kappa shape index (κ2) is 7.31. The Labute approximate surface area is 171 Å². The van der Waals surface area contributed by atoms with Crippen LogP contribution < -0.4 is 9.13 Å². The molecule has 4 bridgehead atoms. The maximum absolute atomic E-state index is 13.0. The highest BCUT2D eigenvalue weighted by Gasteiger charge is 2.38. The molecule has 156 valence electrons. The summed E-state index contributed by atoms with van der Waals surface area (Å²) in [7, 11) is 3.77. The van der Waals surface area contributed by atoms with E-state index < -0.39 is 0 Å².